The molecular weight excluding hydrogens is 615 g/mol. The van der Waals surface area contributed by atoms with E-state index in [9.17, 15) is 15.0 Å². The van der Waals surface area contributed by atoms with Crippen LogP contribution in [-0.4, -0.2) is 34.9 Å². The molecule has 2 unspecified atom stereocenters. The third-order valence-corrected chi connectivity index (χ3v) is 10.8. The molecule has 4 nitrogen and oxygen atoms in total. The first-order chi connectivity index (χ1) is 24.7. The molecule has 0 bridgehead atoms. The molecule has 0 aromatic heterocycles. The lowest BCUT2D eigenvalue weighted by Crippen LogP contribution is -2.45. The number of aliphatic hydroxyl groups excluding tert-OH is 2. The van der Waals surface area contributed by atoms with Gasteiger partial charge < -0.3 is 15.5 Å². The highest BCUT2D eigenvalue weighted by Crippen LogP contribution is 2.17. The van der Waals surface area contributed by atoms with E-state index in [1.54, 1.807) is 6.08 Å². The van der Waals surface area contributed by atoms with E-state index in [2.05, 4.69) is 19.2 Å². The Morgan fingerprint density at radius 3 is 1.00 bits per heavy atom. The second-order valence-electron chi connectivity index (χ2n) is 15.8. The SMILES string of the molecule is CCC/C=C/C(O)C(CO)NC(=O)CCCCCCCCCCCCCCCCCCCCCCCCCCCCCCCCCCCCC. The van der Waals surface area contributed by atoms with E-state index in [4.69, 9.17) is 0 Å². The highest BCUT2D eigenvalue weighted by atomic mass is 16.3. The minimum Gasteiger partial charge on any atom is -0.394 e. The zero-order chi connectivity index (χ0) is 36.4. The van der Waals surface area contributed by atoms with Crippen molar-refractivity contribution in [2.75, 3.05) is 6.61 Å². The predicted molar refractivity (Wildman–Crippen MR) is 221 cm³/mol. The summed E-state index contributed by atoms with van der Waals surface area (Å²) in [7, 11) is 0. The summed E-state index contributed by atoms with van der Waals surface area (Å²) in [6, 6.07) is -0.612. The fourth-order valence-electron chi connectivity index (χ4n) is 7.25. The Labute approximate surface area is 314 Å². The zero-order valence-corrected chi connectivity index (χ0v) is 34.2. The number of carbonyl (C=O) groups is 1. The Morgan fingerprint density at radius 1 is 0.460 bits per heavy atom. The van der Waals surface area contributed by atoms with Crippen LogP contribution < -0.4 is 5.32 Å². The third kappa shape index (κ3) is 38.4. The molecule has 0 aromatic carbocycles. The molecule has 0 aliphatic rings. The minimum absolute atomic E-state index is 0.0713. The molecule has 0 rings (SSSR count). The van der Waals surface area contributed by atoms with Crippen LogP contribution in [0.3, 0.4) is 0 Å². The van der Waals surface area contributed by atoms with Crippen LogP contribution in [0.25, 0.3) is 0 Å². The van der Waals surface area contributed by atoms with Crippen molar-refractivity contribution < 1.29 is 15.0 Å². The van der Waals surface area contributed by atoms with Crippen molar-refractivity contribution in [1.82, 2.24) is 5.32 Å². The van der Waals surface area contributed by atoms with Crippen LogP contribution in [0.1, 0.15) is 258 Å². The molecule has 0 fully saturated rings. The van der Waals surface area contributed by atoms with Gasteiger partial charge in [0.15, 0.2) is 0 Å². The van der Waals surface area contributed by atoms with Gasteiger partial charge >= 0.3 is 0 Å². The molecule has 0 saturated carbocycles. The number of hydrogen-bond donors (Lipinski definition) is 3. The van der Waals surface area contributed by atoms with Gasteiger partial charge in [0.25, 0.3) is 0 Å². The average Bonchev–Trinajstić information content (AvgIpc) is 3.12. The van der Waals surface area contributed by atoms with Crippen LogP contribution in [0, 0.1) is 0 Å². The lowest BCUT2D eigenvalue weighted by Gasteiger charge is -2.19. The number of aliphatic hydroxyl groups is 2. The van der Waals surface area contributed by atoms with E-state index in [1.807, 2.05) is 6.08 Å². The first-order valence-corrected chi connectivity index (χ1v) is 22.9. The van der Waals surface area contributed by atoms with E-state index in [1.165, 1.54) is 212 Å². The van der Waals surface area contributed by atoms with E-state index in [-0.39, 0.29) is 12.5 Å². The molecule has 50 heavy (non-hydrogen) atoms. The Bertz CT molecular complexity index is 680. The molecule has 0 saturated heterocycles. The molecule has 0 aliphatic carbocycles. The number of rotatable bonds is 42. The second-order valence-corrected chi connectivity index (χ2v) is 15.8. The minimum atomic E-state index is -0.830. The van der Waals surface area contributed by atoms with Gasteiger partial charge in [0.05, 0.1) is 18.8 Å². The van der Waals surface area contributed by atoms with Gasteiger partial charge in [0.1, 0.15) is 0 Å². The van der Waals surface area contributed by atoms with E-state index in [0.29, 0.717) is 6.42 Å². The van der Waals surface area contributed by atoms with Gasteiger partial charge in [-0.1, -0.05) is 251 Å². The smallest absolute Gasteiger partial charge is 0.220 e. The number of amides is 1. The lowest BCUT2D eigenvalue weighted by molar-refractivity contribution is -0.123. The molecule has 0 aliphatic heterocycles. The van der Waals surface area contributed by atoms with Gasteiger partial charge in [-0.2, -0.15) is 0 Å². The van der Waals surface area contributed by atoms with Crippen molar-refractivity contribution in [3.8, 4) is 0 Å². The first-order valence-electron chi connectivity index (χ1n) is 22.9. The predicted octanol–water partition coefficient (Wildman–Crippen LogP) is 14.2. The Kier molecular flexibility index (Phi) is 41.8. The summed E-state index contributed by atoms with van der Waals surface area (Å²) < 4.78 is 0. The van der Waals surface area contributed by atoms with Crippen LogP contribution in [0.4, 0.5) is 0 Å². The van der Waals surface area contributed by atoms with Gasteiger partial charge in [0.2, 0.25) is 5.91 Å². The maximum Gasteiger partial charge on any atom is 0.220 e. The molecule has 0 heterocycles. The summed E-state index contributed by atoms with van der Waals surface area (Å²) in [5.41, 5.74) is 0. The van der Waals surface area contributed by atoms with Gasteiger partial charge in [0, 0.05) is 6.42 Å². The summed E-state index contributed by atoms with van der Waals surface area (Å²) in [4.78, 5) is 12.2. The first kappa shape index (κ1) is 49.1. The standard InChI is InChI=1S/C46H91NO3/c1-3-5-7-8-9-10-11-12-13-14-15-16-17-18-19-20-21-22-23-24-25-26-27-28-29-30-31-32-33-34-35-36-37-38-40-42-46(50)47-44(43-48)45(49)41-39-6-4-2/h39,41,44-45,48-49H,3-38,40,42-43H2,1-2H3,(H,47,50)/b41-39+. The maximum absolute atomic E-state index is 12.2. The van der Waals surface area contributed by atoms with Crippen LogP contribution >= 0.6 is 0 Å². The fourth-order valence-corrected chi connectivity index (χ4v) is 7.25. The maximum atomic E-state index is 12.2. The van der Waals surface area contributed by atoms with Gasteiger partial charge in [-0.15, -0.1) is 0 Å². The Balaban J connectivity index is 3.23. The number of allylic oxidation sites excluding steroid dienone is 1. The largest absolute Gasteiger partial charge is 0.394 e. The normalized spacial score (nSPS) is 13.0. The van der Waals surface area contributed by atoms with Crippen molar-refractivity contribution in [2.45, 2.75) is 270 Å². The summed E-state index contributed by atoms with van der Waals surface area (Å²) in [6.07, 6.45) is 54.3. The highest BCUT2D eigenvalue weighted by Gasteiger charge is 2.17. The number of unbranched alkanes of at least 4 members (excludes halogenated alkanes) is 35. The number of nitrogens with one attached hydrogen (secondary N) is 1. The van der Waals surface area contributed by atoms with Crippen LogP contribution in [0.15, 0.2) is 12.2 Å². The van der Waals surface area contributed by atoms with Gasteiger partial charge in [-0.05, 0) is 12.8 Å². The molecule has 4 heteroatoms. The number of carbonyl (C=O) groups excluding carboxylic acids is 1. The summed E-state index contributed by atoms with van der Waals surface area (Å²) in [5, 5.41) is 22.4. The second kappa shape index (κ2) is 42.5. The van der Waals surface area contributed by atoms with Crippen molar-refractivity contribution in [3.05, 3.63) is 12.2 Å². The molecular formula is C46H91NO3. The zero-order valence-electron chi connectivity index (χ0n) is 34.2. The number of hydrogen-bond acceptors (Lipinski definition) is 3. The average molecular weight is 706 g/mol. The van der Waals surface area contributed by atoms with Crippen LogP contribution in [0.2, 0.25) is 0 Å². The Hall–Kier alpha value is -0.870. The molecule has 1 amide bonds. The van der Waals surface area contributed by atoms with E-state index >= 15 is 0 Å². The third-order valence-electron chi connectivity index (χ3n) is 10.8. The van der Waals surface area contributed by atoms with E-state index in [0.717, 1.165) is 25.7 Å². The highest BCUT2D eigenvalue weighted by molar-refractivity contribution is 5.76. The quantitative estimate of drug-likeness (QED) is 0.0437. The van der Waals surface area contributed by atoms with E-state index < -0.39 is 12.1 Å². The summed E-state index contributed by atoms with van der Waals surface area (Å²) >= 11 is 0. The monoisotopic (exact) mass is 706 g/mol. The molecule has 2 atom stereocenters. The van der Waals surface area contributed by atoms with Crippen molar-refractivity contribution in [2.24, 2.45) is 0 Å². The van der Waals surface area contributed by atoms with Crippen LogP contribution in [0.5, 0.6) is 0 Å². The van der Waals surface area contributed by atoms with Crippen molar-refractivity contribution in [1.29, 1.82) is 0 Å². The molecule has 0 radical (unpaired) electrons. The molecule has 298 valence electrons. The fraction of sp³-hybridized carbons (Fsp3) is 0.935. The Morgan fingerprint density at radius 2 is 0.740 bits per heavy atom. The van der Waals surface area contributed by atoms with Crippen LogP contribution in [-0.2, 0) is 4.79 Å². The lowest BCUT2D eigenvalue weighted by atomic mass is 10.0. The molecule has 3 N–H and O–H groups in total. The topological polar surface area (TPSA) is 69.6 Å². The molecule has 0 spiro atoms. The van der Waals surface area contributed by atoms with Crippen molar-refractivity contribution in [3.63, 3.8) is 0 Å². The summed E-state index contributed by atoms with van der Waals surface area (Å²) in [5.74, 6) is -0.0713. The van der Waals surface area contributed by atoms with Gasteiger partial charge in [-0.3, -0.25) is 4.79 Å². The van der Waals surface area contributed by atoms with Gasteiger partial charge in [-0.25, -0.2) is 0 Å². The van der Waals surface area contributed by atoms with Crippen molar-refractivity contribution >= 4 is 5.91 Å². The summed E-state index contributed by atoms with van der Waals surface area (Å²) in [6.45, 7) is 4.13. The molecule has 0 aromatic rings.